The fourth-order valence-corrected chi connectivity index (χ4v) is 2.84. The molecular formula is C23H20N6O. The van der Waals surface area contributed by atoms with Gasteiger partial charge in [-0.3, -0.25) is 4.79 Å². The normalized spacial score (nSPS) is 10.3. The van der Waals surface area contributed by atoms with Crippen LogP contribution in [0.2, 0.25) is 0 Å². The molecule has 0 atom stereocenters. The highest BCUT2D eigenvalue weighted by atomic mass is 16.1. The Labute approximate surface area is 174 Å². The number of nitrogens with zero attached hydrogens (tertiary/aromatic N) is 3. The number of anilines is 5. The molecule has 7 heteroatoms. The Kier molecular flexibility index (Phi) is 5.61. The van der Waals surface area contributed by atoms with Gasteiger partial charge in [0.15, 0.2) is 0 Å². The number of carbonyl (C=O) groups excluding carboxylic acids is 1. The first-order chi connectivity index (χ1) is 14.7. The van der Waals surface area contributed by atoms with Gasteiger partial charge >= 0.3 is 0 Å². The van der Waals surface area contributed by atoms with Gasteiger partial charge < -0.3 is 16.0 Å². The average Bonchev–Trinajstić information content (AvgIpc) is 2.76. The van der Waals surface area contributed by atoms with Crippen LogP contribution in [0, 0.1) is 6.92 Å². The van der Waals surface area contributed by atoms with Crippen LogP contribution in [0.3, 0.4) is 0 Å². The van der Waals surface area contributed by atoms with Gasteiger partial charge in [0.2, 0.25) is 0 Å². The Bertz CT molecular complexity index is 1150. The SMILES string of the molecule is Cc1cccc(C(=O)Nc2ccc(Nc3cc(Nc4ccccn4)ncn3)cc2)c1. The number of aromatic nitrogens is 3. The van der Waals surface area contributed by atoms with Crippen LogP contribution in [0.25, 0.3) is 0 Å². The van der Waals surface area contributed by atoms with E-state index in [1.54, 1.807) is 18.3 Å². The van der Waals surface area contributed by atoms with Crippen molar-refractivity contribution < 1.29 is 4.79 Å². The molecule has 2 aromatic heterocycles. The third kappa shape index (κ3) is 4.96. The van der Waals surface area contributed by atoms with E-state index in [2.05, 4.69) is 30.9 Å². The lowest BCUT2D eigenvalue weighted by atomic mass is 10.1. The molecule has 4 aromatic rings. The monoisotopic (exact) mass is 396 g/mol. The maximum Gasteiger partial charge on any atom is 0.255 e. The highest BCUT2D eigenvalue weighted by Gasteiger charge is 2.06. The topological polar surface area (TPSA) is 91.8 Å². The van der Waals surface area contributed by atoms with E-state index in [-0.39, 0.29) is 5.91 Å². The largest absolute Gasteiger partial charge is 0.340 e. The Balaban J connectivity index is 1.40. The summed E-state index contributed by atoms with van der Waals surface area (Å²) in [6.07, 6.45) is 3.19. The van der Waals surface area contributed by atoms with Crippen LogP contribution in [-0.4, -0.2) is 20.9 Å². The van der Waals surface area contributed by atoms with Crippen LogP contribution >= 0.6 is 0 Å². The molecule has 0 saturated carbocycles. The second-order valence-corrected chi connectivity index (χ2v) is 6.65. The molecule has 0 saturated heterocycles. The smallest absolute Gasteiger partial charge is 0.255 e. The standard InChI is InChI=1S/C23H20N6O/c1-16-5-4-6-17(13-16)23(30)28-19-10-8-18(9-11-19)27-21-14-22(26-15-25-21)29-20-7-2-3-12-24-20/h2-15H,1H3,(H,28,30)(H2,24,25,26,27,29). The summed E-state index contributed by atoms with van der Waals surface area (Å²) < 4.78 is 0. The van der Waals surface area contributed by atoms with Crippen molar-refractivity contribution in [3.05, 3.63) is 96.4 Å². The molecule has 0 bridgehead atoms. The van der Waals surface area contributed by atoms with Gasteiger partial charge in [0.1, 0.15) is 23.8 Å². The van der Waals surface area contributed by atoms with Crippen LogP contribution in [0.5, 0.6) is 0 Å². The van der Waals surface area contributed by atoms with Crippen molar-refractivity contribution in [1.29, 1.82) is 0 Å². The van der Waals surface area contributed by atoms with Crippen molar-refractivity contribution >= 4 is 34.7 Å². The summed E-state index contributed by atoms with van der Waals surface area (Å²) in [5, 5.41) is 9.26. The average molecular weight is 396 g/mol. The molecule has 148 valence electrons. The van der Waals surface area contributed by atoms with Crippen molar-refractivity contribution in [1.82, 2.24) is 15.0 Å². The van der Waals surface area contributed by atoms with Gasteiger partial charge in [-0.25, -0.2) is 15.0 Å². The van der Waals surface area contributed by atoms with Gasteiger partial charge in [-0.1, -0.05) is 23.8 Å². The van der Waals surface area contributed by atoms with Gasteiger partial charge in [0, 0.05) is 29.2 Å². The summed E-state index contributed by atoms with van der Waals surface area (Å²) in [6, 6.07) is 22.3. The maximum absolute atomic E-state index is 12.4. The number of aryl methyl sites for hydroxylation is 1. The summed E-state index contributed by atoms with van der Waals surface area (Å²) >= 11 is 0. The van der Waals surface area contributed by atoms with Crippen LogP contribution in [0.1, 0.15) is 15.9 Å². The highest BCUT2D eigenvalue weighted by Crippen LogP contribution is 2.20. The zero-order valence-corrected chi connectivity index (χ0v) is 16.3. The van der Waals surface area contributed by atoms with Crippen molar-refractivity contribution in [3.8, 4) is 0 Å². The number of amides is 1. The van der Waals surface area contributed by atoms with Gasteiger partial charge in [-0.2, -0.15) is 0 Å². The first-order valence-corrected chi connectivity index (χ1v) is 9.41. The molecule has 2 heterocycles. The molecule has 2 aromatic carbocycles. The van der Waals surface area contributed by atoms with Crippen LogP contribution in [0.15, 0.2) is 85.3 Å². The van der Waals surface area contributed by atoms with E-state index in [0.29, 0.717) is 28.7 Å². The second kappa shape index (κ2) is 8.83. The summed E-state index contributed by atoms with van der Waals surface area (Å²) in [4.78, 5) is 25.0. The third-order valence-electron chi connectivity index (χ3n) is 4.28. The maximum atomic E-state index is 12.4. The predicted octanol–water partition coefficient (Wildman–Crippen LogP) is 4.92. The number of pyridine rings is 1. The predicted molar refractivity (Wildman–Crippen MR) is 118 cm³/mol. The van der Waals surface area contributed by atoms with Crippen molar-refractivity contribution in [2.75, 3.05) is 16.0 Å². The van der Waals surface area contributed by atoms with E-state index in [4.69, 9.17) is 0 Å². The molecule has 0 radical (unpaired) electrons. The van der Waals surface area contributed by atoms with Crippen molar-refractivity contribution in [3.63, 3.8) is 0 Å². The molecule has 0 aliphatic carbocycles. The number of hydrogen-bond donors (Lipinski definition) is 3. The highest BCUT2D eigenvalue weighted by molar-refractivity contribution is 6.04. The molecule has 0 unspecified atom stereocenters. The van der Waals surface area contributed by atoms with E-state index in [1.165, 1.54) is 6.33 Å². The lowest BCUT2D eigenvalue weighted by molar-refractivity contribution is 0.102. The van der Waals surface area contributed by atoms with E-state index < -0.39 is 0 Å². The molecule has 0 fully saturated rings. The van der Waals surface area contributed by atoms with E-state index in [1.807, 2.05) is 67.6 Å². The van der Waals surface area contributed by atoms with Crippen LogP contribution in [-0.2, 0) is 0 Å². The first-order valence-electron chi connectivity index (χ1n) is 9.41. The lowest BCUT2D eigenvalue weighted by Crippen LogP contribution is -2.11. The van der Waals surface area contributed by atoms with E-state index in [0.717, 1.165) is 11.3 Å². The molecule has 1 amide bonds. The number of hydrogen-bond acceptors (Lipinski definition) is 6. The van der Waals surface area contributed by atoms with Gasteiger partial charge in [0.05, 0.1) is 0 Å². The minimum absolute atomic E-state index is 0.138. The Hall–Kier alpha value is -4.26. The fourth-order valence-electron chi connectivity index (χ4n) is 2.84. The molecule has 0 spiro atoms. The summed E-state index contributed by atoms with van der Waals surface area (Å²) in [7, 11) is 0. The summed E-state index contributed by atoms with van der Waals surface area (Å²) in [5.41, 5.74) is 3.23. The molecule has 0 aliphatic heterocycles. The van der Waals surface area contributed by atoms with E-state index >= 15 is 0 Å². The first kappa shape index (κ1) is 19.1. The van der Waals surface area contributed by atoms with Gasteiger partial charge in [-0.05, 0) is 55.5 Å². The van der Waals surface area contributed by atoms with Crippen LogP contribution in [0.4, 0.5) is 28.8 Å². The van der Waals surface area contributed by atoms with Crippen molar-refractivity contribution in [2.45, 2.75) is 6.92 Å². The zero-order valence-electron chi connectivity index (χ0n) is 16.3. The quantitative estimate of drug-likeness (QED) is 0.428. The Morgan fingerprint density at radius 2 is 1.50 bits per heavy atom. The number of carbonyl (C=O) groups is 1. The van der Waals surface area contributed by atoms with Crippen LogP contribution < -0.4 is 16.0 Å². The molecule has 4 rings (SSSR count). The second-order valence-electron chi connectivity index (χ2n) is 6.65. The summed E-state index contributed by atoms with van der Waals surface area (Å²) in [5.74, 6) is 1.84. The number of nitrogens with one attached hydrogen (secondary N) is 3. The Morgan fingerprint density at radius 3 is 2.23 bits per heavy atom. The van der Waals surface area contributed by atoms with Gasteiger partial charge in [-0.15, -0.1) is 0 Å². The van der Waals surface area contributed by atoms with Gasteiger partial charge in [0.25, 0.3) is 5.91 Å². The molecule has 7 nitrogen and oxygen atoms in total. The minimum Gasteiger partial charge on any atom is -0.340 e. The third-order valence-corrected chi connectivity index (χ3v) is 4.28. The van der Waals surface area contributed by atoms with Crippen molar-refractivity contribution in [2.24, 2.45) is 0 Å². The molecular weight excluding hydrogens is 376 g/mol. The minimum atomic E-state index is -0.138. The molecule has 30 heavy (non-hydrogen) atoms. The fraction of sp³-hybridized carbons (Fsp3) is 0.0435. The Morgan fingerprint density at radius 1 is 0.733 bits per heavy atom. The van der Waals surface area contributed by atoms with E-state index in [9.17, 15) is 4.79 Å². The number of rotatable bonds is 6. The molecule has 0 aliphatic rings. The zero-order chi connectivity index (χ0) is 20.8. The molecule has 3 N–H and O–H groups in total. The lowest BCUT2D eigenvalue weighted by Gasteiger charge is -2.10. The summed E-state index contributed by atoms with van der Waals surface area (Å²) in [6.45, 7) is 1.96. The number of benzene rings is 2.